The fourth-order valence-electron chi connectivity index (χ4n) is 3.61. The number of aryl methyl sites for hydroxylation is 1. The molecule has 0 radical (unpaired) electrons. The van der Waals surface area contributed by atoms with Crippen LogP contribution in [0.2, 0.25) is 5.02 Å². The maximum Gasteiger partial charge on any atom is 0.257 e. The average molecular weight is 459 g/mol. The smallest absolute Gasteiger partial charge is 0.257 e. The summed E-state index contributed by atoms with van der Waals surface area (Å²) in [4.78, 5) is 19.8. The van der Waals surface area contributed by atoms with Crippen LogP contribution in [0.25, 0.3) is 10.9 Å². The van der Waals surface area contributed by atoms with Gasteiger partial charge in [0.2, 0.25) is 0 Å². The summed E-state index contributed by atoms with van der Waals surface area (Å²) in [6, 6.07) is 13.2. The lowest BCUT2D eigenvalue weighted by Gasteiger charge is -2.28. The second-order valence-electron chi connectivity index (χ2n) is 7.16. The third-order valence-corrected chi connectivity index (χ3v) is 5.94. The van der Waals surface area contributed by atoms with Crippen LogP contribution in [-0.2, 0) is 0 Å². The molecule has 1 fully saturated rings. The van der Waals surface area contributed by atoms with Gasteiger partial charge in [0.1, 0.15) is 5.82 Å². The molecular weight excluding hydrogens is 438 g/mol. The zero-order valence-corrected chi connectivity index (χ0v) is 18.0. The molecule has 1 N–H and O–H groups in total. The van der Waals surface area contributed by atoms with Gasteiger partial charge in [-0.25, -0.2) is 4.98 Å². The number of anilines is 2. The summed E-state index contributed by atoms with van der Waals surface area (Å²) < 4.78 is 0.811. The maximum absolute atomic E-state index is 12.6. The third kappa shape index (κ3) is 4.01. The van der Waals surface area contributed by atoms with Gasteiger partial charge in [0.25, 0.3) is 5.91 Å². The molecule has 2 aromatic carbocycles. The van der Waals surface area contributed by atoms with Crippen molar-refractivity contribution in [3.63, 3.8) is 0 Å². The fraction of sp³-hybridized carbons (Fsp3) is 0.273. The van der Waals surface area contributed by atoms with Crippen molar-refractivity contribution in [1.82, 2.24) is 4.98 Å². The quantitative estimate of drug-likeness (QED) is 0.508. The highest BCUT2D eigenvalue weighted by Crippen LogP contribution is 2.28. The summed E-state index contributed by atoms with van der Waals surface area (Å²) in [7, 11) is 0. The van der Waals surface area contributed by atoms with E-state index in [9.17, 15) is 4.79 Å². The zero-order valence-electron chi connectivity index (χ0n) is 15.6. The number of nitrogens with zero attached hydrogens (tertiary/aromatic N) is 2. The Bertz CT molecular complexity index is 1050. The highest BCUT2D eigenvalue weighted by Gasteiger charge is 2.15. The molecule has 144 valence electrons. The van der Waals surface area contributed by atoms with Crippen LogP contribution in [0.4, 0.5) is 11.5 Å². The van der Waals surface area contributed by atoms with Gasteiger partial charge < -0.3 is 10.2 Å². The van der Waals surface area contributed by atoms with Gasteiger partial charge in [-0.05, 0) is 74.2 Å². The van der Waals surface area contributed by atoms with Crippen LogP contribution in [0.5, 0.6) is 0 Å². The first-order chi connectivity index (χ1) is 13.5. The van der Waals surface area contributed by atoms with E-state index < -0.39 is 0 Å². The normalized spacial score (nSPS) is 14.3. The summed E-state index contributed by atoms with van der Waals surface area (Å²) >= 11 is 9.55. The van der Waals surface area contributed by atoms with E-state index >= 15 is 0 Å². The predicted octanol–water partition coefficient (Wildman–Crippen LogP) is 6.20. The molecule has 2 heterocycles. The van der Waals surface area contributed by atoms with Crippen molar-refractivity contribution in [2.45, 2.75) is 26.2 Å². The van der Waals surface area contributed by atoms with Crippen LogP contribution >= 0.6 is 27.5 Å². The molecule has 0 atom stereocenters. The monoisotopic (exact) mass is 457 g/mol. The van der Waals surface area contributed by atoms with E-state index in [1.165, 1.54) is 19.3 Å². The van der Waals surface area contributed by atoms with Crippen LogP contribution in [0.3, 0.4) is 0 Å². The number of aromatic nitrogens is 1. The van der Waals surface area contributed by atoms with E-state index in [-0.39, 0.29) is 5.91 Å². The molecule has 1 aliphatic heterocycles. The Morgan fingerprint density at radius 3 is 2.68 bits per heavy atom. The number of carbonyl (C=O) groups is 1. The Balaban J connectivity index is 1.61. The van der Waals surface area contributed by atoms with Crippen molar-refractivity contribution in [2.75, 3.05) is 23.3 Å². The van der Waals surface area contributed by atoms with Crippen molar-refractivity contribution in [1.29, 1.82) is 0 Å². The van der Waals surface area contributed by atoms with Crippen molar-refractivity contribution < 1.29 is 4.79 Å². The molecule has 0 bridgehead atoms. The number of hydrogen-bond donors (Lipinski definition) is 1. The first-order valence-electron chi connectivity index (χ1n) is 9.44. The molecule has 4 rings (SSSR count). The largest absolute Gasteiger partial charge is 0.357 e. The molecule has 1 saturated heterocycles. The molecule has 6 heteroatoms. The number of pyridine rings is 1. The van der Waals surface area contributed by atoms with E-state index in [0.717, 1.165) is 45.5 Å². The van der Waals surface area contributed by atoms with E-state index in [0.29, 0.717) is 10.6 Å². The fourth-order valence-corrected chi connectivity index (χ4v) is 4.17. The van der Waals surface area contributed by atoms with Gasteiger partial charge in [-0.1, -0.05) is 27.5 Å². The number of nitrogens with one attached hydrogen (secondary N) is 1. The summed E-state index contributed by atoms with van der Waals surface area (Å²) in [6.45, 7) is 4.23. The number of benzene rings is 2. The summed E-state index contributed by atoms with van der Waals surface area (Å²) in [6.07, 6.45) is 3.75. The van der Waals surface area contributed by atoms with Crippen molar-refractivity contribution in [3.8, 4) is 0 Å². The number of carbonyl (C=O) groups excluding carboxylic acids is 1. The first kappa shape index (κ1) is 19.2. The number of amides is 1. The third-order valence-electron chi connectivity index (χ3n) is 5.11. The van der Waals surface area contributed by atoms with Gasteiger partial charge in [-0.15, -0.1) is 0 Å². The molecule has 0 aliphatic carbocycles. The Kier molecular flexibility index (Phi) is 5.56. The van der Waals surface area contributed by atoms with Gasteiger partial charge in [-0.2, -0.15) is 0 Å². The van der Waals surface area contributed by atoms with Crippen LogP contribution in [-0.4, -0.2) is 24.0 Å². The van der Waals surface area contributed by atoms with Gasteiger partial charge in [0.15, 0.2) is 0 Å². The molecule has 0 saturated carbocycles. The van der Waals surface area contributed by atoms with Gasteiger partial charge in [-0.3, -0.25) is 4.79 Å². The topological polar surface area (TPSA) is 45.2 Å². The van der Waals surface area contributed by atoms with E-state index in [4.69, 9.17) is 16.6 Å². The minimum atomic E-state index is -0.235. The zero-order chi connectivity index (χ0) is 19.7. The highest BCUT2D eigenvalue weighted by atomic mass is 79.9. The first-order valence-corrected chi connectivity index (χ1v) is 10.6. The van der Waals surface area contributed by atoms with E-state index in [1.807, 2.05) is 24.3 Å². The van der Waals surface area contributed by atoms with E-state index in [2.05, 4.69) is 39.1 Å². The summed E-state index contributed by atoms with van der Waals surface area (Å²) in [5.74, 6) is 0.809. The lowest BCUT2D eigenvalue weighted by atomic mass is 10.1. The van der Waals surface area contributed by atoms with Crippen molar-refractivity contribution >= 4 is 55.8 Å². The second-order valence-corrected chi connectivity index (χ2v) is 8.48. The highest BCUT2D eigenvalue weighted by molar-refractivity contribution is 9.10. The minimum Gasteiger partial charge on any atom is -0.357 e. The van der Waals surface area contributed by atoms with Crippen LogP contribution in [0.15, 0.2) is 46.9 Å². The molecule has 0 spiro atoms. The predicted molar refractivity (Wildman–Crippen MR) is 120 cm³/mol. The number of hydrogen-bond acceptors (Lipinski definition) is 3. The number of piperidine rings is 1. The average Bonchev–Trinajstić information content (AvgIpc) is 2.70. The summed E-state index contributed by atoms with van der Waals surface area (Å²) in [5.41, 5.74) is 3.26. The number of halogens is 2. The lowest BCUT2D eigenvalue weighted by molar-refractivity contribution is 0.102. The maximum atomic E-state index is 12.6. The molecule has 1 aliphatic rings. The van der Waals surface area contributed by atoms with E-state index in [1.54, 1.807) is 12.1 Å². The molecule has 0 unspecified atom stereocenters. The Morgan fingerprint density at radius 1 is 1.11 bits per heavy atom. The second kappa shape index (κ2) is 8.10. The Morgan fingerprint density at radius 2 is 1.89 bits per heavy atom. The Labute approximate surface area is 178 Å². The SMILES string of the molecule is Cc1cc(N2CCCCC2)nc2ccc(NC(=O)c3cc(Br)ccc3Cl)cc12. The minimum absolute atomic E-state index is 0.235. The van der Waals surface area contributed by atoms with Crippen LogP contribution in [0.1, 0.15) is 35.2 Å². The molecule has 3 aromatic rings. The van der Waals surface area contributed by atoms with Crippen molar-refractivity contribution in [3.05, 3.63) is 63.1 Å². The summed E-state index contributed by atoms with van der Waals surface area (Å²) in [5, 5.41) is 4.40. The van der Waals surface area contributed by atoms with Gasteiger partial charge in [0.05, 0.1) is 16.1 Å². The molecule has 4 nitrogen and oxygen atoms in total. The standard InChI is InChI=1S/C22H21BrClN3O/c1-14-11-21(27-9-3-2-4-10-27)26-20-8-6-16(13-17(14)20)25-22(28)18-12-15(23)5-7-19(18)24/h5-8,11-13H,2-4,9-10H2,1H3,(H,25,28). The van der Waals surface area contributed by atoms with Gasteiger partial charge >= 0.3 is 0 Å². The Hall–Kier alpha value is -2.11. The molecule has 1 amide bonds. The molecular formula is C22H21BrClN3O. The number of rotatable bonds is 3. The van der Waals surface area contributed by atoms with Gasteiger partial charge in [0, 0.05) is 28.6 Å². The molecule has 1 aromatic heterocycles. The van der Waals surface area contributed by atoms with Crippen LogP contribution < -0.4 is 10.2 Å². The van der Waals surface area contributed by atoms with Crippen molar-refractivity contribution in [2.24, 2.45) is 0 Å². The lowest BCUT2D eigenvalue weighted by Crippen LogP contribution is -2.30. The number of fused-ring (bicyclic) bond motifs is 1. The molecule has 28 heavy (non-hydrogen) atoms. The van der Waals surface area contributed by atoms with Crippen LogP contribution in [0, 0.1) is 6.92 Å².